The fraction of sp³-hybridized carbons (Fsp3) is 0.840. The lowest BCUT2D eigenvalue weighted by Gasteiger charge is -2.25. The molecule has 0 aromatic carbocycles. The van der Waals surface area contributed by atoms with Gasteiger partial charge in [0.2, 0.25) is 0 Å². The second-order valence-corrected chi connectivity index (χ2v) is 9.27. The summed E-state index contributed by atoms with van der Waals surface area (Å²) in [7, 11) is 1.43. The van der Waals surface area contributed by atoms with Gasteiger partial charge in [0.25, 0.3) is 0 Å². The maximum atomic E-state index is 11.6. The summed E-state index contributed by atoms with van der Waals surface area (Å²) in [6.45, 7) is 1.49. The average molecular weight is 423 g/mol. The van der Waals surface area contributed by atoms with Crippen molar-refractivity contribution < 1.29 is 24.2 Å². The number of aliphatic hydroxyl groups excluding tert-OH is 1. The lowest BCUT2D eigenvalue weighted by Crippen LogP contribution is -2.21. The number of carbonyl (C=O) groups is 2. The third kappa shape index (κ3) is 9.20. The van der Waals surface area contributed by atoms with Gasteiger partial charge in [-0.1, -0.05) is 57.4 Å². The molecular formula is C25H42O5. The molecule has 5 nitrogen and oxygen atoms in total. The number of aliphatic hydroxyl groups is 1. The molecule has 0 bridgehead atoms. The fourth-order valence-corrected chi connectivity index (χ4v) is 5.22. The first kappa shape index (κ1) is 24.9. The van der Waals surface area contributed by atoms with Gasteiger partial charge in [0, 0.05) is 13.3 Å². The summed E-state index contributed by atoms with van der Waals surface area (Å²) in [4.78, 5) is 22.7. The number of methoxy groups -OCH3 is 1. The van der Waals surface area contributed by atoms with E-state index >= 15 is 0 Å². The summed E-state index contributed by atoms with van der Waals surface area (Å²) in [5.74, 6) is 0.953. The molecule has 0 amide bonds. The Hall–Kier alpha value is -1.36. The quantitative estimate of drug-likeness (QED) is 0.261. The molecule has 0 spiro atoms. The van der Waals surface area contributed by atoms with Gasteiger partial charge in [0.05, 0.1) is 13.2 Å². The molecule has 0 aromatic heterocycles. The van der Waals surface area contributed by atoms with Crippen molar-refractivity contribution in [3.05, 3.63) is 12.2 Å². The molecule has 2 aliphatic carbocycles. The van der Waals surface area contributed by atoms with E-state index in [9.17, 15) is 14.7 Å². The number of hydrogen-bond acceptors (Lipinski definition) is 5. The van der Waals surface area contributed by atoms with Crippen molar-refractivity contribution in [1.82, 2.24) is 0 Å². The molecule has 2 rings (SSSR count). The molecule has 0 aromatic rings. The Morgan fingerprint density at radius 1 is 1.03 bits per heavy atom. The van der Waals surface area contributed by atoms with Gasteiger partial charge in [-0.25, -0.2) is 0 Å². The van der Waals surface area contributed by atoms with Gasteiger partial charge in [-0.2, -0.15) is 0 Å². The summed E-state index contributed by atoms with van der Waals surface area (Å²) in [5.41, 5.74) is 0. The minimum atomic E-state index is -0.236. The van der Waals surface area contributed by atoms with Crippen molar-refractivity contribution in [1.29, 1.82) is 0 Å². The van der Waals surface area contributed by atoms with Crippen LogP contribution in [0.1, 0.15) is 96.8 Å². The lowest BCUT2D eigenvalue weighted by atomic mass is 9.84. The van der Waals surface area contributed by atoms with Crippen LogP contribution in [0, 0.1) is 17.8 Å². The zero-order chi connectivity index (χ0) is 21.8. The first-order valence-corrected chi connectivity index (χ1v) is 12.1. The monoisotopic (exact) mass is 422 g/mol. The molecule has 2 saturated carbocycles. The molecule has 30 heavy (non-hydrogen) atoms. The maximum absolute atomic E-state index is 11.6. The van der Waals surface area contributed by atoms with E-state index in [2.05, 4.69) is 16.9 Å². The summed E-state index contributed by atoms with van der Waals surface area (Å²) < 4.78 is 10.3. The third-order valence-electron chi connectivity index (χ3n) is 6.92. The highest BCUT2D eigenvalue weighted by atomic mass is 16.5. The van der Waals surface area contributed by atoms with Crippen LogP contribution in [-0.4, -0.2) is 36.4 Å². The highest BCUT2D eigenvalue weighted by molar-refractivity contribution is 5.69. The number of esters is 2. The highest BCUT2D eigenvalue weighted by Gasteiger charge is 2.33. The van der Waals surface area contributed by atoms with Gasteiger partial charge in [-0.05, 0) is 55.9 Å². The Labute approximate surface area is 182 Å². The van der Waals surface area contributed by atoms with Crippen LogP contribution in [0.15, 0.2) is 12.2 Å². The second-order valence-electron chi connectivity index (χ2n) is 9.27. The molecule has 0 heterocycles. The minimum Gasteiger partial charge on any atom is -0.469 e. The van der Waals surface area contributed by atoms with Gasteiger partial charge in [0.1, 0.15) is 6.10 Å². The summed E-state index contributed by atoms with van der Waals surface area (Å²) >= 11 is 0. The molecule has 0 radical (unpaired) electrons. The number of carbonyl (C=O) groups excluding carboxylic acids is 2. The van der Waals surface area contributed by atoms with E-state index in [0.29, 0.717) is 18.3 Å². The van der Waals surface area contributed by atoms with E-state index in [4.69, 9.17) is 4.74 Å². The molecule has 2 aliphatic rings. The average Bonchev–Trinajstić information content (AvgIpc) is 3.08. The minimum absolute atomic E-state index is 0.137. The van der Waals surface area contributed by atoms with Crippen LogP contribution in [0.5, 0.6) is 0 Å². The predicted molar refractivity (Wildman–Crippen MR) is 118 cm³/mol. The fourth-order valence-electron chi connectivity index (χ4n) is 5.22. The van der Waals surface area contributed by atoms with E-state index in [1.54, 1.807) is 0 Å². The zero-order valence-electron chi connectivity index (χ0n) is 19.0. The predicted octanol–water partition coefficient (Wildman–Crippen LogP) is 5.35. The molecule has 0 aliphatic heterocycles. The van der Waals surface area contributed by atoms with Gasteiger partial charge in [-0.3, -0.25) is 9.59 Å². The van der Waals surface area contributed by atoms with Gasteiger partial charge in [0.15, 0.2) is 0 Å². The van der Waals surface area contributed by atoms with Crippen molar-refractivity contribution in [2.24, 2.45) is 17.8 Å². The molecule has 172 valence electrons. The van der Waals surface area contributed by atoms with Gasteiger partial charge < -0.3 is 14.6 Å². The summed E-state index contributed by atoms with van der Waals surface area (Å²) in [6.07, 6.45) is 18.7. The maximum Gasteiger partial charge on any atom is 0.305 e. The van der Waals surface area contributed by atoms with Gasteiger partial charge >= 0.3 is 11.9 Å². The number of hydrogen-bond donors (Lipinski definition) is 1. The van der Waals surface area contributed by atoms with Crippen molar-refractivity contribution in [3.63, 3.8) is 0 Å². The standard InChI is InChI=1S/C25H42O5/c1-19(26)30-22(18-20-10-6-5-7-11-20)16-14-21-15-17-24(27)23(21)12-8-3-4-9-13-25(28)29-2/h14,16,20-24,27H,3-13,15,17-18H2,1-2H3/t21-,22?,23+,24?/m1/s1. The Kier molecular flexibility index (Phi) is 11.5. The highest BCUT2D eigenvalue weighted by Crippen LogP contribution is 2.37. The van der Waals surface area contributed by atoms with E-state index in [1.807, 2.05) is 0 Å². The van der Waals surface area contributed by atoms with Crippen LogP contribution in [0.4, 0.5) is 0 Å². The van der Waals surface area contributed by atoms with Crippen LogP contribution in [0.2, 0.25) is 0 Å². The van der Waals surface area contributed by atoms with Crippen LogP contribution in [0.3, 0.4) is 0 Å². The topological polar surface area (TPSA) is 72.8 Å². The van der Waals surface area contributed by atoms with Crippen LogP contribution in [0.25, 0.3) is 0 Å². The molecule has 2 unspecified atom stereocenters. The van der Waals surface area contributed by atoms with Crippen molar-refractivity contribution in [2.75, 3.05) is 7.11 Å². The van der Waals surface area contributed by atoms with Gasteiger partial charge in [-0.15, -0.1) is 0 Å². The Balaban J connectivity index is 1.79. The molecule has 1 N–H and O–H groups in total. The van der Waals surface area contributed by atoms with Crippen LogP contribution >= 0.6 is 0 Å². The van der Waals surface area contributed by atoms with Crippen LogP contribution in [-0.2, 0) is 19.1 Å². The first-order valence-electron chi connectivity index (χ1n) is 12.1. The number of ether oxygens (including phenoxy) is 2. The third-order valence-corrected chi connectivity index (χ3v) is 6.92. The number of rotatable bonds is 12. The summed E-state index contributed by atoms with van der Waals surface area (Å²) in [6, 6.07) is 0. The number of unbranched alkanes of at least 4 members (excludes halogenated alkanes) is 3. The molecule has 5 heteroatoms. The molecule has 2 fully saturated rings. The lowest BCUT2D eigenvalue weighted by molar-refractivity contribution is -0.145. The Morgan fingerprint density at radius 2 is 1.77 bits per heavy atom. The normalized spacial score (nSPS) is 26.0. The Bertz CT molecular complexity index is 538. The first-order chi connectivity index (χ1) is 14.5. The van der Waals surface area contributed by atoms with E-state index in [1.165, 1.54) is 46.1 Å². The smallest absolute Gasteiger partial charge is 0.305 e. The largest absolute Gasteiger partial charge is 0.469 e. The molecule has 4 atom stereocenters. The molecular weight excluding hydrogens is 380 g/mol. The second kappa shape index (κ2) is 13.8. The summed E-state index contributed by atoms with van der Waals surface area (Å²) in [5, 5.41) is 10.5. The van der Waals surface area contributed by atoms with E-state index in [0.717, 1.165) is 51.4 Å². The van der Waals surface area contributed by atoms with Crippen molar-refractivity contribution >= 4 is 11.9 Å². The zero-order valence-corrected chi connectivity index (χ0v) is 19.0. The van der Waals surface area contributed by atoms with Crippen molar-refractivity contribution in [2.45, 2.75) is 109 Å². The van der Waals surface area contributed by atoms with Crippen LogP contribution < -0.4 is 0 Å². The molecule has 0 saturated heterocycles. The van der Waals surface area contributed by atoms with E-state index in [-0.39, 0.29) is 30.1 Å². The van der Waals surface area contributed by atoms with E-state index < -0.39 is 0 Å². The number of allylic oxidation sites excluding steroid dienone is 1. The Morgan fingerprint density at radius 3 is 2.47 bits per heavy atom. The van der Waals surface area contributed by atoms with Crippen molar-refractivity contribution in [3.8, 4) is 0 Å². The SMILES string of the molecule is COC(=O)CCCCCC[C@@H]1C(O)CC[C@H]1C=CC(CC1CCCCC1)OC(C)=O.